The minimum Gasteiger partial charge on any atom is -0.381 e. The second-order valence-electron chi connectivity index (χ2n) is 2.77. The maximum absolute atomic E-state index is 12.0. The van der Waals surface area contributed by atoms with Gasteiger partial charge in [0.05, 0.1) is 6.07 Å². The highest BCUT2D eigenvalue weighted by Gasteiger charge is 1.94. The van der Waals surface area contributed by atoms with Crippen molar-refractivity contribution in [2.75, 3.05) is 18.9 Å². The number of nitrogens with zero attached hydrogens (tertiary/aromatic N) is 1. The quantitative estimate of drug-likeness (QED) is 0.591. The van der Waals surface area contributed by atoms with E-state index in [-0.39, 0.29) is 5.95 Å². The molecule has 0 aromatic carbocycles. The first-order valence-corrected chi connectivity index (χ1v) is 4.28. The van der Waals surface area contributed by atoms with Gasteiger partial charge in [-0.3, -0.25) is 9.78 Å². The molecule has 1 aromatic heterocycles. The van der Waals surface area contributed by atoms with Gasteiger partial charge in [0, 0.05) is 13.2 Å². The summed E-state index contributed by atoms with van der Waals surface area (Å²) < 4.78 is 17.0. The second kappa shape index (κ2) is 5.33. The molecule has 0 atom stereocenters. The first kappa shape index (κ1) is 10.6. The van der Waals surface area contributed by atoms with Gasteiger partial charge in [-0.1, -0.05) is 0 Å². The van der Waals surface area contributed by atoms with Gasteiger partial charge >= 0.3 is 0 Å². The van der Waals surface area contributed by atoms with Crippen LogP contribution in [0.2, 0.25) is 0 Å². The third-order valence-electron chi connectivity index (χ3n) is 1.56. The number of anilines is 1. The summed E-state index contributed by atoms with van der Waals surface area (Å²) in [4.78, 5) is 15.5. The lowest BCUT2D eigenvalue weighted by Gasteiger charge is -1.87. The normalized spacial score (nSPS) is 14.6. The lowest BCUT2D eigenvalue weighted by molar-refractivity contribution is 0.198. The highest BCUT2D eigenvalue weighted by Crippen LogP contribution is 1.98. The Morgan fingerprint density at radius 3 is 2.50 bits per heavy atom. The van der Waals surface area contributed by atoms with Crippen molar-refractivity contribution in [2.45, 2.75) is 12.8 Å². The smallest absolute Gasteiger partial charge is 0.255 e. The number of aromatic amines is 1. The zero-order valence-corrected chi connectivity index (χ0v) is 7.62. The number of nitrogen functional groups attached to an aromatic ring is 1. The van der Waals surface area contributed by atoms with Crippen LogP contribution in [0.25, 0.3) is 0 Å². The van der Waals surface area contributed by atoms with Crippen molar-refractivity contribution < 1.29 is 9.13 Å². The average Bonchev–Trinajstić information content (AvgIpc) is 2.56. The van der Waals surface area contributed by atoms with Crippen molar-refractivity contribution >= 4 is 5.95 Å². The summed E-state index contributed by atoms with van der Waals surface area (Å²) in [6.45, 7) is 2.00. The molecule has 0 amide bonds. The van der Waals surface area contributed by atoms with Crippen LogP contribution in [0.3, 0.4) is 0 Å². The van der Waals surface area contributed by atoms with Gasteiger partial charge in [0.15, 0.2) is 0 Å². The minimum absolute atomic E-state index is 0.208. The zero-order valence-electron chi connectivity index (χ0n) is 7.62. The fourth-order valence-corrected chi connectivity index (χ4v) is 0.956. The average molecular weight is 201 g/mol. The van der Waals surface area contributed by atoms with E-state index in [9.17, 15) is 9.18 Å². The first-order chi connectivity index (χ1) is 6.68. The zero-order chi connectivity index (χ0) is 10.4. The van der Waals surface area contributed by atoms with Crippen LogP contribution in [0.15, 0.2) is 10.9 Å². The van der Waals surface area contributed by atoms with E-state index in [1.807, 2.05) is 0 Å². The number of rotatable bonds is 0. The molecule has 2 heterocycles. The molecule has 14 heavy (non-hydrogen) atoms. The standard InChI is InChI=1S/C4H4FN3O.C4H8O/c5-2-1-3(9)8-4(6)7-2;1-2-4-5-3-1/h1H,(H3,6,7,8,9);1-4H2. The minimum atomic E-state index is -0.865. The van der Waals surface area contributed by atoms with Crippen LogP contribution >= 0.6 is 0 Å². The molecule has 0 spiro atoms. The molecule has 1 fully saturated rings. The summed E-state index contributed by atoms with van der Waals surface area (Å²) in [5.74, 6) is -1.07. The number of nitrogens with one attached hydrogen (secondary N) is 1. The Bertz CT molecular complexity index is 305. The molecule has 0 radical (unpaired) electrons. The molecular formula is C8H12FN3O2. The second-order valence-corrected chi connectivity index (χ2v) is 2.77. The number of hydrogen-bond donors (Lipinski definition) is 2. The fraction of sp³-hybridized carbons (Fsp3) is 0.500. The van der Waals surface area contributed by atoms with E-state index in [0.717, 1.165) is 19.3 Å². The summed E-state index contributed by atoms with van der Waals surface area (Å²) in [5.41, 5.74) is 4.37. The molecule has 3 N–H and O–H groups in total. The highest BCUT2D eigenvalue weighted by atomic mass is 19.1. The predicted octanol–water partition coefficient (Wildman–Crippen LogP) is 0.288. The van der Waals surface area contributed by atoms with Gasteiger partial charge in [-0.2, -0.15) is 9.37 Å². The third-order valence-corrected chi connectivity index (χ3v) is 1.56. The van der Waals surface area contributed by atoms with Gasteiger partial charge < -0.3 is 10.5 Å². The van der Waals surface area contributed by atoms with E-state index >= 15 is 0 Å². The molecule has 0 aliphatic carbocycles. The molecule has 1 aliphatic heterocycles. The maximum atomic E-state index is 12.0. The van der Waals surface area contributed by atoms with Crippen LogP contribution in [0, 0.1) is 5.95 Å². The Labute approximate surface area is 80.1 Å². The fourth-order valence-electron chi connectivity index (χ4n) is 0.956. The van der Waals surface area contributed by atoms with E-state index in [4.69, 9.17) is 10.5 Å². The molecule has 78 valence electrons. The topological polar surface area (TPSA) is 81.0 Å². The first-order valence-electron chi connectivity index (χ1n) is 4.28. The molecule has 1 aliphatic rings. The van der Waals surface area contributed by atoms with Gasteiger partial charge in [-0.15, -0.1) is 0 Å². The molecule has 0 unspecified atom stereocenters. The van der Waals surface area contributed by atoms with Crippen LogP contribution in [-0.4, -0.2) is 23.2 Å². The Morgan fingerprint density at radius 1 is 1.50 bits per heavy atom. The molecule has 5 nitrogen and oxygen atoms in total. The Hall–Kier alpha value is -1.43. The molecular weight excluding hydrogens is 189 g/mol. The Morgan fingerprint density at radius 2 is 2.14 bits per heavy atom. The van der Waals surface area contributed by atoms with Crippen LogP contribution < -0.4 is 11.3 Å². The van der Waals surface area contributed by atoms with Crippen molar-refractivity contribution in [1.82, 2.24) is 9.97 Å². The van der Waals surface area contributed by atoms with Crippen molar-refractivity contribution in [1.29, 1.82) is 0 Å². The Kier molecular flexibility index (Phi) is 4.06. The monoisotopic (exact) mass is 201 g/mol. The predicted molar refractivity (Wildman–Crippen MR) is 49.3 cm³/mol. The van der Waals surface area contributed by atoms with Crippen LogP contribution in [0.5, 0.6) is 0 Å². The highest BCUT2D eigenvalue weighted by molar-refractivity contribution is 5.12. The summed E-state index contributed by atoms with van der Waals surface area (Å²) in [5, 5.41) is 0. The van der Waals surface area contributed by atoms with Crippen molar-refractivity contribution in [3.63, 3.8) is 0 Å². The number of aromatic nitrogens is 2. The number of halogens is 1. The van der Waals surface area contributed by atoms with Crippen LogP contribution in [0.4, 0.5) is 10.3 Å². The maximum Gasteiger partial charge on any atom is 0.255 e. The van der Waals surface area contributed by atoms with Gasteiger partial charge in [0.1, 0.15) is 0 Å². The molecule has 1 saturated heterocycles. The van der Waals surface area contributed by atoms with E-state index in [1.165, 1.54) is 12.8 Å². The van der Waals surface area contributed by atoms with Gasteiger partial charge in [0.2, 0.25) is 11.9 Å². The largest absolute Gasteiger partial charge is 0.381 e. The van der Waals surface area contributed by atoms with Crippen molar-refractivity contribution in [3.8, 4) is 0 Å². The van der Waals surface area contributed by atoms with Crippen molar-refractivity contribution in [2.24, 2.45) is 0 Å². The van der Waals surface area contributed by atoms with Crippen molar-refractivity contribution in [3.05, 3.63) is 22.4 Å². The molecule has 6 heteroatoms. The summed E-state index contributed by atoms with van der Waals surface area (Å²) in [7, 11) is 0. The number of hydrogen-bond acceptors (Lipinski definition) is 4. The summed E-state index contributed by atoms with van der Waals surface area (Å²) in [6.07, 6.45) is 2.56. The van der Waals surface area contributed by atoms with Crippen LogP contribution in [0.1, 0.15) is 12.8 Å². The lowest BCUT2D eigenvalue weighted by atomic mass is 10.4. The van der Waals surface area contributed by atoms with E-state index in [0.29, 0.717) is 0 Å². The van der Waals surface area contributed by atoms with Gasteiger partial charge in [-0.05, 0) is 12.8 Å². The summed E-state index contributed by atoms with van der Waals surface area (Å²) >= 11 is 0. The van der Waals surface area contributed by atoms with E-state index in [1.54, 1.807) is 0 Å². The van der Waals surface area contributed by atoms with Gasteiger partial charge in [-0.25, -0.2) is 0 Å². The molecule has 1 aromatic rings. The van der Waals surface area contributed by atoms with E-state index in [2.05, 4.69) is 9.97 Å². The van der Waals surface area contributed by atoms with Crippen LogP contribution in [-0.2, 0) is 4.74 Å². The number of ether oxygens (including phenoxy) is 1. The number of H-pyrrole nitrogens is 1. The Balaban J connectivity index is 0.000000165. The molecule has 0 bridgehead atoms. The lowest BCUT2D eigenvalue weighted by Crippen LogP contribution is -2.10. The molecule has 0 saturated carbocycles. The number of nitrogens with two attached hydrogens (primary N) is 1. The molecule has 2 rings (SSSR count). The third kappa shape index (κ3) is 3.99. The SMILES string of the molecule is C1CCOC1.Nc1nc(F)cc(=O)[nH]1. The van der Waals surface area contributed by atoms with E-state index < -0.39 is 11.5 Å². The summed E-state index contributed by atoms with van der Waals surface area (Å²) in [6, 6.07) is 0.719. The van der Waals surface area contributed by atoms with Gasteiger partial charge in [0.25, 0.3) is 5.56 Å².